The molecule has 3 saturated heterocycles. The highest BCUT2D eigenvalue weighted by atomic mass is 79.9. The summed E-state index contributed by atoms with van der Waals surface area (Å²) < 4.78 is 32.7. The highest BCUT2D eigenvalue weighted by Crippen LogP contribution is 2.48. The minimum Gasteiger partial charge on any atom is -0.507 e. The molecule has 3 aliphatic heterocycles. The lowest BCUT2D eigenvalue weighted by molar-refractivity contribution is -0.116. The maximum atomic E-state index is 13.0. The Kier molecular flexibility index (Phi) is 31.4. The highest BCUT2D eigenvalue weighted by Gasteiger charge is 2.47. The molecule has 1 atom stereocenters. The number of amides is 1. The van der Waals surface area contributed by atoms with Crippen LogP contribution in [-0.2, 0) is 26.2 Å². The van der Waals surface area contributed by atoms with Gasteiger partial charge in [0.2, 0.25) is 29.7 Å². The van der Waals surface area contributed by atoms with Crippen LogP contribution in [0.3, 0.4) is 0 Å². The molecule has 5 saturated carbocycles. The SMILES string of the molecule is CC1(c2ccc(Br)cc2)SCC(=O)N1c1nc(NC2CCCC2)c2ccccc2n1.CN(c1ccc(S(=O)(=O)O)cc1)c1nc(NC2CCCC2)c2ccccc2n1.Cc1ccc(SC2CCN(c3nc(NC4CCCC4)c4ccccc4n3)CC2)cc1.Oc1ccccc1-c1nc(NC2CCCC2)c2ccccc2n1.c1csc(CCN2CCN(c3nc(NC4CCCC4)c4ccccc4n3)CC2)c1. The molecule has 140 heavy (non-hydrogen) atoms. The molecule has 0 radical (unpaired) electrons. The molecule has 8 aliphatic rings. The summed E-state index contributed by atoms with van der Waals surface area (Å²) in [6.45, 7) is 11.5. The summed E-state index contributed by atoms with van der Waals surface area (Å²) in [6, 6.07) is 77.7. The van der Waals surface area contributed by atoms with Crippen molar-refractivity contribution in [2.24, 2.45) is 0 Å². The number of halogens is 1. The van der Waals surface area contributed by atoms with Crippen LogP contribution in [0.1, 0.15) is 164 Å². The predicted octanol–water partition coefficient (Wildman–Crippen LogP) is 24.5. The van der Waals surface area contributed by atoms with Crippen molar-refractivity contribution in [3.05, 3.63) is 256 Å². The number of hydrogen-bond donors (Lipinski definition) is 7. The summed E-state index contributed by atoms with van der Waals surface area (Å²) >= 11 is 9.00. The standard InChI is InChI=1S/C25H30N4S.C23H23BrN4OS.C23H29N5S.C20H22N4O3S.C19H19N3O/c1-18-10-12-20(13-11-18)30-21-14-16-29(17-15-21)25-27-23-9-5-4-8-22(23)24(28-25)26-19-6-2-3-7-19;1-23(15-10-12-16(24)13-11-15)28(20(29)14-30-23)22-26-19-9-5-4-8-18(19)21(27-22)25-17-6-2-3-7-17;1-2-7-18(6-1)24-22-20-9-3-4-10-21(20)25-23(26-22)28-15-13-27(14-16-28)12-11-19-8-5-17-29-19;1-24(15-10-12-16(13-11-15)28(25,26)27)20-22-18-9-5-4-8-17(18)19(23-20)21-14-6-2-3-7-14;23-17-12-6-4-10-15(17)19-21-16-11-5-3-9-14(16)18(22-19)20-13-7-1-2-8-13/h4-5,8-13,19,21H,2-3,6-7,14-17H2,1H3,(H,26,27,28);4-5,8-13,17H,2-3,6-7,14H2,1H3,(H,25,26,27);3-5,8-10,17-18H,1-2,6-7,11-16H2,(H,24,25,26);4-5,8-14H,2-3,6-7H2,1H3,(H,21,22,23)(H,25,26,27);3-6,9-13,23H,1-2,7-8H2,(H,20,21,22). The zero-order valence-corrected chi connectivity index (χ0v) is 84.6. The number of nitrogens with one attached hydrogen (secondary N) is 5. The van der Waals surface area contributed by atoms with E-state index in [1.165, 1.54) is 143 Å². The molecule has 1 unspecified atom stereocenters. The second-order valence-corrected chi connectivity index (χ2v) is 44.0. The number of hydrogen-bond acceptors (Lipinski definition) is 26. The van der Waals surface area contributed by atoms with Gasteiger partial charge in [-0.15, -0.1) is 34.9 Å². The molecule has 0 bridgehead atoms. The number of aryl methyl sites for hydroxylation is 1. The molecule has 1 amide bonds. The molecule has 0 spiro atoms. The predicted molar refractivity (Wildman–Crippen MR) is 579 cm³/mol. The van der Waals surface area contributed by atoms with Crippen LogP contribution in [0.2, 0.25) is 0 Å². The monoisotopic (exact) mass is 2010 g/mol. The number of phenolic OH excluding ortho intramolecular Hbond substituents is 1. The van der Waals surface area contributed by atoms with Crippen molar-refractivity contribution in [2.75, 3.05) is 105 Å². The van der Waals surface area contributed by atoms with Gasteiger partial charge in [0.25, 0.3) is 10.1 Å². The molecule has 6 aromatic heterocycles. The van der Waals surface area contributed by atoms with Crippen molar-refractivity contribution in [3.63, 3.8) is 0 Å². The van der Waals surface area contributed by atoms with Gasteiger partial charge in [-0.25, -0.2) is 29.9 Å². The smallest absolute Gasteiger partial charge is 0.294 e. The van der Waals surface area contributed by atoms with E-state index >= 15 is 0 Å². The van der Waals surface area contributed by atoms with Crippen LogP contribution in [0, 0.1) is 6.92 Å². The van der Waals surface area contributed by atoms with Crippen LogP contribution in [0.15, 0.2) is 250 Å². The highest BCUT2D eigenvalue weighted by molar-refractivity contribution is 9.10. The molecule has 724 valence electrons. The zero-order chi connectivity index (χ0) is 95.9. The number of rotatable bonds is 23. The number of phenols is 1. The Morgan fingerprint density at radius 2 is 0.864 bits per heavy atom. The van der Waals surface area contributed by atoms with E-state index in [1.54, 1.807) is 45.8 Å². The fourth-order valence-corrected chi connectivity index (χ4v) is 23.9. The van der Waals surface area contributed by atoms with Crippen LogP contribution in [0.5, 0.6) is 5.75 Å². The van der Waals surface area contributed by atoms with Crippen molar-refractivity contribution < 1.29 is 22.9 Å². The first-order valence-electron chi connectivity index (χ1n) is 49.8. The van der Waals surface area contributed by atoms with Crippen LogP contribution >= 0.6 is 50.8 Å². The van der Waals surface area contributed by atoms with Crippen LogP contribution in [0.4, 0.5) is 58.6 Å². The second kappa shape index (κ2) is 45.4. The molecular weight excluding hydrogens is 1890 g/mol. The lowest BCUT2D eigenvalue weighted by Crippen LogP contribution is -2.47. The third-order valence-electron chi connectivity index (χ3n) is 28.1. The summed E-state index contributed by atoms with van der Waals surface area (Å²) in [5.74, 6) is 8.47. The van der Waals surface area contributed by atoms with Gasteiger partial charge in [0.1, 0.15) is 39.7 Å². The van der Waals surface area contributed by atoms with E-state index in [1.807, 2.05) is 127 Å². The molecular formula is C110H123BrN20O5S4. The molecule has 8 fully saturated rings. The van der Waals surface area contributed by atoms with Crippen LogP contribution in [-0.4, -0.2) is 173 Å². The van der Waals surface area contributed by atoms with Gasteiger partial charge in [-0.05, 0) is 236 Å². The van der Waals surface area contributed by atoms with Crippen LogP contribution in [0.25, 0.3) is 65.9 Å². The Bertz CT molecular complexity index is 6860. The summed E-state index contributed by atoms with van der Waals surface area (Å²) in [7, 11) is -2.39. The minimum absolute atomic E-state index is 0.0347. The Morgan fingerprint density at radius 1 is 0.450 bits per heavy atom. The molecule has 30 heteroatoms. The Morgan fingerprint density at radius 3 is 1.32 bits per heavy atom. The molecule has 9 heterocycles. The van der Waals surface area contributed by atoms with E-state index in [0.29, 0.717) is 64.5 Å². The average Bonchev–Trinajstić information content (AvgIpc) is 1.53. The Hall–Kier alpha value is -11.9. The number of piperazine rings is 1. The largest absolute Gasteiger partial charge is 0.507 e. The average molecular weight is 2010 g/mol. The topological polar surface area (TPSA) is 297 Å². The number of nitrogens with zero attached hydrogens (tertiary/aromatic N) is 15. The molecule has 23 rings (SSSR count). The van der Waals surface area contributed by atoms with Gasteiger partial charge in [-0.2, -0.15) is 28.4 Å². The molecule has 25 nitrogen and oxygen atoms in total. The number of benzene rings is 9. The first-order chi connectivity index (χ1) is 68.4. The number of thiophene rings is 1. The summed E-state index contributed by atoms with van der Waals surface area (Å²) in [6.07, 6.45) is 28.2. The van der Waals surface area contributed by atoms with Crippen LogP contribution < -0.4 is 46.2 Å². The van der Waals surface area contributed by atoms with Crippen molar-refractivity contribution in [3.8, 4) is 17.1 Å². The first kappa shape index (κ1) is 96.9. The van der Waals surface area contributed by atoms with Crippen molar-refractivity contribution >= 4 is 180 Å². The molecule has 15 aromatic rings. The number of para-hydroxylation sites is 6. The quantitative estimate of drug-likeness (QED) is 0.0293. The molecule has 9 aromatic carbocycles. The van der Waals surface area contributed by atoms with E-state index in [2.05, 4.69) is 183 Å². The summed E-state index contributed by atoms with van der Waals surface area (Å²) in [4.78, 5) is 74.3. The number of piperidine rings is 1. The van der Waals surface area contributed by atoms with Crippen molar-refractivity contribution in [2.45, 2.75) is 212 Å². The number of fused-ring (bicyclic) bond motifs is 5. The lowest BCUT2D eigenvalue weighted by atomic mass is 10.1. The van der Waals surface area contributed by atoms with Gasteiger partial charge in [-0.1, -0.05) is 189 Å². The fraction of sp³-hybridized carbons (Fsp3) is 0.373. The Labute approximate surface area is 841 Å². The van der Waals surface area contributed by atoms with Gasteiger partial charge in [0.15, 0.2) is 5.82 Å². The van der Waals surface area contributed by atoms with E-state index in [0.717, 1.165) is 189 Å². The fourth-order valence-electron chi connectivity index (χ4n) is 20.2. The number of thioether (sulfide) groups is 2. The van der Waals surface area contributed by atoms with Gasteiger partial charge in [-0.3, -0.25) is 19.1 Å². The van der Waals surface area contributed by atoms with E-state index in [4.69, 9.17) is 44.4 Å². The molecule has 7 N–H and O–H groups in total. The third-order valence-corrected chi connectivity index (χ3v) is 33.2. The lowest BCUT2D eigenvalue weighted by Gasteiger charge is -2.35. The maximum absolute atomic E-state index is 13.0. The third kappa shape index (κ3) is 23.9. The summed E-state index contributed by atoms with van der Waals surface area (Å²) in [5.41, 5.74) is 8.43. The van der Waals surface area contributed by atoms with Gasteiger partial charge < -0.3 is 46.4 Å². The van der Waals surface area contributed by atoms with Crippen molar-refractivity contribution in [1.82, 2.24) is 54.7 Å². The number of aromatic hydroxyl groups is 1. The van der Waals surface area contributed by atoms with E-state index < -0.39 is 15.0 Å². The van der Waals surface area contributed by atoms with E-state index in [-0.39, 0.29) is 16.6 Å². The Balaban J connectivity index is 0.000000112. The summed E-state index contributed by atoms with van der Waals surface area (Å²) in [5, 5.41) is 36.5. The number of carbonyl (C=O) groups is 1. The van der Waals surface area contributed by atoms with E-state index in [9.17, 15) is 18.3 Å². The van der Waals surface area contributed by atoms with Crippen molar-refractivity contribution in [1.29, 1.82) is 0 Å². The van der Waals surface area contributed by atoms with Gasteiger partial charge in [0, 0.05) is 135 Å². The number of anilines is 10. The minimum atomic E-state index is -4.22. The normalized spacial score (nSPS) is 18.0. The van der Waals surface area contributed by atoms with Gasteiger partial charge >= 0.3 is 0 Å². The first-order valence-corrected chi connectivity index (χ1v) is 54.8. The van der Waals surface area contributed by atoms with Gasteiger partial charge in [0.05, 0.1) is 43.8 Å². The number of aromatic nitrogens is 10. The second-order valence-electron chi connectivity index (χ2n) is 37.9. The zero-order valence-electron chi connectivity index (χ0n) is 79.7. The molecule has 5 aliphatic carbocycles. The number of carbonyl (C=O) groups excluding carboxylic acids is 1. The maximum Gasteiger partial charge on any atom is 0.294 e.